The number of amides is 5. The number of imide groups is 1. The molecule has 0 radical (unpaired) electrons. The van der Waals surface area contributed by atoms with Crippen molar-refractivity contribution in [3.05, 3.63) is 390 Å². The first-order chi connectivity index (χ1) is 66.6. The van der Waals surface area contributed by atoms with Gasteiger partial charge >= 0.3 is 128 Å². The second-order valence-corrected chi connectivity index (χ2v) is 31.6. The molecule has 15 aromatic rings. The van der Waals surface area contributed by atoms with Gasteiger partial charge in [0.05, 0.1) is 113 Å². The number of hydrogen-bond acceptors (Lipinski definition) is 27. The molecule has 12 N–H and O–H groups in total. The van der Waals surface area contributed by atoms with E-state index in [0.717, 1.165) is 36.6 Å². The van der Waals surface area contributed by atoms with Crippen LogP contribution in [0.4, 0.5) is 32.5 Å². The second-order valence-electron chi connectivity index (χ2n) is 29.9. The van der Waals surface area contributed by atoms with E-state index in [0.29, 0.717) is 131 Å². The van der Waals surface area contributed by atoms with Crippen LogP contribution in [0.5, 0.6) is 0 Å². The smallest absolute Gasteiger partial charge is 0.870 e. The molecule has 43 heteroatoms. The largest absolute Gasteiger partial charge is 1.00 e. The number of carboxylic acids is 1. The van der Waals surface area contributed by atoms with Crippen LogP contribution in [0, 0.1) is 0 Å². The van der Waals surface area contributed by atoms with E-state index in [4.69, 9.17) is 17.9 Å². The molecule has 0 bridgehead atoms. The molecule has 0 atom stereocenters. The monoisotopic (exact) mass is 2100 g/mol. The van der Waals surface area contributed by atoms with Crippen LogP contribution in [0.15, 0.2) is 317 Å². The maximum Gasteiger partial charge on any atom is 1.00 e. The van der Waals surface area contributed by atoms with Crippen molar-refractivity contribution in [3.8, 4) is 17.1 Å². The summed E-state index contributed by atoms with van der Waals surface area (Å²) in [6.07, 6.45) is 6.97. The van der Waals surface area contributed by atoms with Crippen molar-refractivity contribution in [2.45, 2.75) is 33.8 Å². The van der Waals surface area contributed by atoms with Crippen LogP contribution in [0.25, 0.3) is 49.8 Å². The van der Waals surface area contributed by atoms with Crippen molar-refractivity contribution in [3.63, 3.8) is 0 Å². The summed E-state index contributed by atoms with van der Waals surface area (Å²) < 4.78 is 34.6. The number of aromatic nitrogens is 10. The van der Waals surface area contributed by atoms with Gasteiger partial charge < -0.3 is 66.7 Å². The molecule has 2 fully saturated rings. The van der Waals surface area contributed by atoms with Crippen LogP contribution in [0.3, 0.4) is 0 Å². The van der Waals surface area contributed by atoms with E-state index in [1.807, 2.05) is 17.0 Å². The zero-order valence-electron chi connectivity index (χ0n) is 78.4. The van der Waals surface area contributed by atoms with Gasteiger partial charge in [-0.05, 0) is 196 Å². The van der Waals surface area contributed by atoms with Crippen molar-refractivity contribution in [2.75, 3.05) is 102 Å². The Bertz CT molecular complexity index is 7250. The van der Waals surface area contributed by atoms with Gasteiger partial charge in [0.15, 0.2) is 0 Å². The summed E-state index contributed by atoms with van der Waals surface area (Å²) in [5, 5.41) is 28.3. The van der Waals surface area contributed by atoms with Crippen LogP contribution in [0.1, 0.15) is 102 Å². The number of H-pyrrole nitrogens is 3. The molecule has 2 saturated heterocycles. The predicted octanol–water partition coefficient (Wildman–Crippen LogP) is 5.16. The molecule has 5 amide bonds. The van der Waals surface area contributed by atoms with Crippen LogP contribution >= 0.6 is 31.9 Å². The topological polar surface area (TPSA) is 552 Å². The first-order valence-corrected chi connectivity index (χ1v) is 43.2. The summed E-state index contributed by atoms with van der Waals surface area (Å²) >= 11 is 6.44. The zero-order valence-corrected chi connectivity index (χ0v) is 85.7. The Morgan fingerprint density at radius 2 is 0.810 bits per heavy atom. The van der Waals surface area contributed by atoms with Gasteiger partial charge in [0, 0.05) is 103 Å². The SMILES string of the molecule is C.CC(C)(C)[O-].COC(=O)c1cccc(-n2c(=O)[nH]c(=O)c3ccccc32)c1.COC(=O)c1cccc(N)c1.COC(=O)c1cccc(NC(=O)NC(=O)c2ccccc2Br)c1.NC(=O)c1ccccc1Br.O=C(O)c1cccc(-n2c(=O)[nH]c(=O)c3ccccc32)c1.O=C(c1cccc(-n2c(=O)[nH]c(=O)c3ccccc32)c1)N1CCN(c2ncccn2)CC1.[2H]CF.[K+].[Na+].[OH-].c1cnc(N2CCNCC2)nc1. The fraction of sp³-hybridized carbons (Fsp3) is 0.172. The van der Waals surface area contributed by atoms with E-state index in [1.54, 1.807) is 269 Å². The van der Waals surface area contributed by atoms with Gasteiger partial charge in [-0.1, -0.05) is 119 Å². The number of nitrogens with one attached hydrogen (secondary N) is 6. The van der Waals surface area contributed by atoms with E-state index in [2.05, 4.69) is 102 Å². The molecule has 0 spiro atoms. The summed E-state index contributed by atoms with van der Waals surface area (Å²) in [5.41, 5.74) is 12.8. The molecule has 0 saturated carbocycles. The summed E-state index contributed by atoms with van der Waals surface area (Å²) in [4.78, 5) is 195. The Morgan fingerprint density at radius 1 is 0.472 bits per heavy atom. The van der Waals surface area contributed by atoms with E-state index >= 15 is 0 Å². The summed E-state index contributed by atoms with van der Waals surface area (Å²) in [6.45, 7) is 11.3. The van der Waals surface area contributed by atoms with Crippen molar-refractivity contribution in [1.29, 1.82) is 0 Å². The summed E-state index contributed by atoms with van der Waals surface area (Å²) in [5.74, 6) is -2.02. The van der Waals surface area contributed by atoms with E-state index < -0.39 is 82.3 Å². The number of hydrogen-bond donors (Lipinski definition) is 9. The fourth-order valence-electron chi connectivity index (χ4n) is 13.1. The Balaban J connectivity index is 0.000000297. The first-order valence-electron chi connectivity index (χ1n) is 42.3. The van der Waals surface area contributed by atoms with Crippen LogP contribution in [0.2, 0.25) is 0 Å². The molecule has 10 aromatic carbocycles. The average Bonchev–Trinajstić information content (AvgIpc) is 0.780. The Hall–Kier alpha value is -14.3. The molecule has 38 nitrogen and oxygen atoms in total. The number of nitrogen functional groups attached to an aromatic ring is 1. The third-order valence-electron chi connectivity index (χ3n) is 19.4. The molecule has 5 aromatic heterocycles. The molecule has 7 heterocycles. The number of esters is 3. The van der Waals surface area contributed by atoms with Gasteiger partial charge in [0.25, 0.3) is 28.5 Å². The van der Waals surface area contributed by atoms with Crippen molar-refractivity contribution in [1.82, 2.24) is 64.1 Å². The van der Waals surface area contributed by atoms with E-state index in [1.165, 1.54) is 59.3 Å². The first kappa shape index (κ1) is 116. The average molecular weight is 2100 g/mol. The number of carbonyl (C=O) groups is 8. The Kier molecular flexibility index (Phi) is 48.2. The minimum Gasteiger partial charge on any atom is -0.870 e. The number of halogens is 3. The number of alkyl halides is 1. The number of nitrogens with zero attached hydrogens (tertiary/aromatic N) is 10. The normalized spacial score (nSPS) is 11.4. The van der Waals surface area contributed by atoms with Gasteiger partial charge in [-0.25, -0.2) is 58.3 Å². The number of carboxylic acid groups (broad SMARTS) is 1. The van der Waals surface area contributed by atoms with Gasteiger partial charge in [0.2, 0.25) is 17.8 Å². The molecule has 0 aliphatic carbocycles. The number of nitrogens with two attached hydrogens (primary N) is 2. The van der Waals surface area contributed by atoms with Crippen LogP contribution in [-0.2, 0) is 14.2 Å². The maximum atomic E-state index is 13.2. The number of piperazine rings is 2. The van der Waals surface area contributed by atoms with E-state index in [9.17, 15) is 76.6 Å². The second kappa shape index (κ2) is 58.7. The van der Waals surface area contributed by atoms with Gasteiger partial charge in [0.1, 0.15) is 0 Å². The molecule has 2 aliphatic heterocycles. The number of benzene rings is 10. The number of anilines is 4. The number of primary amides is 1. The van der Waals surface area contributed by atoms with E-state index in [-0.39, 0.29) is 111 Å². The Morgan fingerprint density at radius 3 is 1.20 bits per heavy atom. The van der Waals surface area contributed by atoms with Gasteiger partial charge in [-0.15, -0.1) is 5.60 Å². The number of carbonyl (C=O) groups excluding carboxylic acids is 7. The number of rotatable bonds is 13. The van der Waals surface area contributed by atoms with Gasteiger partial charge in [-0.2, -0.15) is 0 Å². The summed E-state index contributed by atoms with van der Waals surface area (Å²) in [7, 11) is 2.90. The molecule has 2 aliphatic rings. The third-order valence-corrected chi connectivity index (χ3v) is 20.7. The number of aromatic carboxylic acids is 1. The molecule has 17 rings (SSSR count). The molecule has 142 heavy (non-hydrogen) atoms. The van der Waals surface area contributed by atoms with Crippen molar-refractivity contribution >= 4 is 135 Å². The van der Waals surface area contributed by atoms with Gasteiger partial charge in [-0.3, -0.25) is 67.1 Å². The minimum absolute atomic E-state index is 0. The zero-order chi connectivity index (χ0) is 101. The number of para-hydroxylation sites is 3. The molecule has 728 valence electrons. The standard InChI is InChI=1S/C23H20N6O3.C16H13BrN2O4.C16H12N2O4.C15H10N2O4.C8H12N4.C8H9NO2.C7H6BrNO.C4H9O.CH3F.CH4.K.Na.H2O/c30-20-18-7-1-2-8-19(18)29(23(32)26-20)17-6-3-5-16(15-17)21(31)27-11-13-28(14-12-27)22-24-9-4-10-25-22;1-23-15(21)10-5-4-6-11(9-10)18-16(22)19-14(20)12-7-2-3-8-13(12)17;1-22-15(20)10-5-4-6-11(9-10)18-13-8-3-2-7-12(13)14(19)17-16(18)21;18-13-11-6-1-2-7-12(11)17(15(21)16-13)10-5-3-4-9(8-10)14(19)20;1-2-10-8(11-3-1)12-6-4-9-5-7-12;1-11-8(10)6-3-2-4-7(9)5-6;8-6-4-2-1-3-5(6)7(9)10;1-4(2,3)5;1-2;;;;/h1-10,15H,11-14H2,(H,26,30,32);2-9H,1H3,(H2,18,19,20,22);2-9H,1H3,(H,17,19,21);1-8H,(H,19,20)(H,16,18,21);1-3,9H,4-7H2;2-5H,9H2,1H3;1-4H,(H2,9,10);1-3H3;1H3;1H4;;;1H2/q;;;;;;;-1;;;2*+1;/p-1/i;;;;;;;;1D;;;;. The quantitative estimate of drug-likeness (QED) is 0.0311. The number of ether oxygens (including phenoxy) is 3. The molecule has 0 unspecified atom stereocenters. The van der Waals surface area contributed by atoms with Crippen LogP contribution in [-0.4, -0.2) is 198 Å². The molecular weight excluding hydrogens is 2000 g/mol. The fourth-order valence-corrected chi connectivity index (χ4v) is 14.1. The maximum absolute atomic E-state index is 13.2. The predicted molar refractivity (Wildman–Crippen MR) is 535 cm³/mol. The van der Waals surface area contributed by atoms with Crippen molar-refractivity contribution in [2.24, 2.45) is 5.73 Å². The van der Waals surface area contributed by atoms with Crippen molar-refractivity contribution < 1.29 is 155 Å². The number of urea groups is 1. The Labute approximate surface area is 894 Å². The summed E-state index contributed by atoms with van der Waals surface area (Å²) in [6, 6.07) is 69.2. The number of methoxy groups -OCH3 is 3. The minimum atomic E-state index is -1.08. The number of fused-ring (bicyclic) bond motifs is 3. The molecular formula is C99H99Br2FKN18NaO20. The third kappa shape index (κ3) is 34.3. The van der Waals surface area contributed by atoms with Crippen LogP contribution < -0.4 is 157 Å². The number of aromatic amines is 3.